The predicted molar refractivity (Wildman–Crippen MR) is 127 cm³/mol. The van der Waals surface area contributed by atoms with E-state index in [2.05, 4.69) is 5.32 Å². The summed E-state index contributed by atoms with van der Waals surface area (Å²) in [7, 11) is -2.66. The van der Waals surface area contributed by atoms with Gasteiger partial charge in [-0.25, -0.2) is 17.7 Å². The van der Waals surface area contributed by atoms with Crippen LogP contribution < -0.4 is 40.4 Å². The number of nitrogens with zero attached hydrogens (tertiary/aromatic N) is 3. The van der Waals surface area contributed by atoms with Crippen LogP contribution in [0.25, 0.3) is 5.69 Å². The van der Waals surface area contributed by atoms with Gasteiger partial charge < -0.3 is 15.0 Å². The zero-order valence-corrected chi connectivity index (χ0v) is 23.0. The Kier molecular flexibility index (Phi) is 9.70. The molecule has 3 rings (SSSR count). The van der Waals surface area contributed by atoms with Gasteiger partial charge in [0.05, 0.1) is 33.3 Å². The molecule has 9 nitrogen and oxygen atoms in total. The molecule has 1 aromatic carbocycles. The monoisotopic (exact) mass is 497 g/mol. The summed E-state index contributed by atoms with van der Waals surface area (Å²) in [6.45, 7) is 6.25. The van der Waals surface area contributed by atoms with E-state index in [1.807, 2.05) is 85.6 Å². The van der Waals surface area contributed by atoms with Gasteiger partial charge in [0, 0.05) is 19.2 Å². The quantitative estimate of drug-likeness (QED) is 0.252. The molecule has 0 amide bonds. The molecule has 0 aliphatic heterocycles. The summed E-state index contributed by atoms with van der Waals surface area (Å²) < 4.78 is 38.0. The van der Waals surface area contributed by atoms with Crippen molar-refractivity contribution in [1.82, 2.24) is 9.36 Å². The molecule has 2 unspecified atom stereocenters. The number of aromatic nitrogens is 2. The number of rotatable bonds is 8. The molecule has 0 bridgehead atoms. The Labute approximate surface area is 222 Å². The van der Waals surface area contributed by atoms with Crippen molar-refractivity contribution in [2.75, 3.05) is 24.2 Å². The fourth-order valence-electron chi connectivity index (χ4n) is 3.93. The van der Waals surface area contributed by atoms with Crippen LogP contribution in [0.1, 0.15) is 19.5 Å². The van der Waals surface area contributed by atoms with Crippen LogP contribution in [0.2, 0.25) is 0 Å². The molecular formula is C23H30N4NaO5S+. The van der Waals surface area contributed by atoms with Gasteiger partial charge in [0.2, 0.25) is 0 Å². The number of hydrogen-bond donors (Lipinski definition) is 2. The fraction of sp³-hybridized carbons (Fsp3) is 0.391. The second-order valence-electron chi connectivity index (χ2n) is 8.15. The summed E-state index contributed by atoms with van der Waals surface area (Å²) in [6, 6.07) is 9.21. The van der Waals surface area contributed by atoms with Gasteiger partial charge in [0.1, 0.15) is 18.3 Å². The van der Waals surface area contributed by atoms with Crippen LogP contribution in [0.5, 0.6) is 0 Å². The number of allylic oxidation sites excluding steroid dienone is 2. The topological polar surface area (TPSA) is 119 Å². The number of anilines is 1. The molecule has 1 aliphatic rings. The molecule has 0 radical (unpaired) electrons. The van der Waals surface area contributed by atoms with Gasteiger partial charge in [0.15, 0.2) is 12.3 Å². The van der Waals surface area contributed by atoms with E-state index in [0.717, 1.165) is 22.7 Å². The number of nitrogens with one attached hydrogen (secondary N) is 1. The zero-order valence-electron chi connectivity index (χ0n) is 20.2. The molecule has 0 saturated heterocycles. The number of aliphatic hydroxyl groups excluding tert-OH is 1. The van der Waals surface area contributed by atoms with Crippen molar-refractivity contribution in [2.45, 2.75) is 32.9 Å². The third-order valence-corrected chi connectivity index (χ3v) is 6.55. The van der Waals surface area contributed by atoms with Crippen LogP contribution in [0.3, 0.4) is 0 Å². The van der Waals surface area contributed by atoms with Crippen LogP contribution in [-0.4, -0.2) is 68.7 Å². The average Bonchev–Trinajstić information content (AvgIpc) is 2.95. The van der Waals surface area contributed by atoms with E-state index in [9.17, 15) is 22.9 Å². The maximum atomic E-state index is 13.2. The summed E-state index contributed by atoms with van der Waals surface area (Å²) in [4.78, 5) is 13.2. The normalized spacial score (nSPS) is 18.2. The molecule has 2 N–H and O–H groups in total. The minimum atomic E-state index is -4.50. The standard InChI is InChI=1S/C23H30N4O5S.Na/c1-5-26(14-20(28)15-33(30,31)32)19-11-12-21(16(2)13-19)24-22-17(3)25(4)27(23(22)29)18-9-7-6-8-10-18;/h6-13,20-21,24,28H,5,14-15H2,1-4H3;/q;+1. The van der Waals surface area contributed by atoms with Crippen molar-refractivity contribution in [3.05, 3.63) is 70.2 Å². The van der Waals surface area contributed by atoms with Crippen LogP contribution in [0.4, 0.5) is 5.69 Å². The van der Waals surface area contributed by atoms with Gasteiger partial charge in [-0.05, 0) is 38.5 Å². The van der Waals surface area contributed by atoms with Crippen LogP contribution in [0, 0.1) is 6.92 Å². The minimum Gasteiger partial charge on any atom is -0.748 e. The van der Waals surface area contributed by atoms with Crippen LogP contribution in [-0.2, 0) is 17.2 Å². The molecule has 178 valence electrons. The second kappa shape index (κ2) is 11.7. The molecule has 2 aromatic rings. The Bertz CT molecular complexity index is 1280. The van der Waals surface area contributed by atoms with E-state index in [0.29, 0.717) is 12.2 Å². The zero-order chi connectivity index (χ0) is 24.3. The molecule has 1 aliphatic carbocycles. The maximum absolute atomic E-state index is 13.2. The predicted octanol–water partition coefficient (Wildman–Crippen LogP) is -1.84. The maximum Gasteiger partial charge on any atom is 1.00 e. The Hall–Kier alpha value is -1.95. The summed E-state index contributed by atoms with van der Waals surface area (Å²) in [5, 5.41) is 13.3. The molecule has 1 aromatic heterocycles. The van der Waals surface area contributed by atoms with Crippen molar-refractivity contribution >= 4 is 21.5 Å². The van der Waals surface area contributed by atoms with Gasteiger partial charge >= 0.3 is 29.6 Å². The van der Waals surface area contributed by atoms with Crippen molar-refractivity contribution in [2.24, 2.45) is 7.05 Å². The smallest absolute Gasteiger partial charge is 0.748 e. The first-order chi connectivity index (χ1) is 15.5. The van der Waals surface area contributed by atoms with Gasteiger partial charge in [0.25, 0.3) is 5.56 Å². The molecule has 1 heterocycles. The van der Waals surface area contributed by atoms with E-state index in [-0.39, 0.29) is 47.7 Å². The van der Waals surface area contributed by atoms with Gasteiger partial charge in [-0.2, -0.15) is 0 Å². The second-order valence-corrected chi connectivity index (χ2v) is 9.60. The van der Waals surface area contributed by atoms with Crippen molar-refractivity contribution in [3.8, 4) is 5.69 Å². The van der Waals surface area contributed by atoms with Gasteiger partial charge in [-0.1, -0.05) is 24.3 Å². The van der Waals surface area contributed by atoms with Crippen molar-refractivity contribution in [3.63, 3.8) is 0 Å². The molecule has 11 heteroatoms. The Morgan fingerprint density at radius 3 is 2.44 bits per heavy atom. The van der Waals surface area contributed by atoms with Gasteiger partial charge in [-0.15, -0.1) is 0 Å². The number of para-hydroxylation sites is 1. The van der Waals surface area contributed by atoms with Gasteiger partial charge in [-0.3, -0.25) is 9.48 Å². The Morgan fingerprint density at radius 1 is 1.24 bits per heavy atom. The summed E-state index contributed by atoms with van der Waals surface area (Å²) >= 11 is 0. The number of aliphatic hydroxyl groups is 1. The van der Waals surface area contributed by atoms with Crippen LogP contribution >= 0.6 is 0 Å². The molecule has 0 fully saturated rings. The van der Waals surface area contributed by atoms with E-state index in [4.69, 9.17) is 0 Å². The summed E-state index contributed by atoms with van der Waals surface area (Å²) in [5.74, 6) is -0.825. The number of benzene rings is 1. The third kappa shape index (κ3) is 6.59. The minimum absolute atomic E-state index is 0. The molecular weight excluding hydrogens is 467 g/mol. The van der Waals surface area contributed by atoms with E-state index in [1.165, 1.54) is 0 Å². The summed E-state index contributed by atoms with van der Waals surface area (Å²) in [5.41, 5.74) is 3.69. The van der Waals surface area contributed by atoms with Crippen molar-refractivity contribution in [1.29, 1.82) is 0 Å². The molecule has 2 atom stereocenters. The average molecular weight is 498 g/mol. The largest absolute Gasteiger partial charge is 1.00 e. The third-order valence-electron chi connectivity index (χ3n) is 5.75. The first kappa shape index (κ1) is 28.3. The Morgan fingerprint density at radius 2 is 1.88 bits per heavy atom. The van der Waals surface area contributed by atoms with E-state index >= 15 is 0 Å². The number of likely N-dealkylation sites (N-methyl/N-ethyl adjacent to an activating group) is 1. The first-order valence-corrected chi connectivity index (χ1v) is 12.3. The van der Waals surface area contributed by atoms with Crippen LogP contribution in [0.15, 0.2) is 58.9 Å². The summed E-state index contributed by atoms with van der Waals surface area (Å²) in [6.07, 6.45) is 4.43. The SMILES string of the molecule is CC[N+](CC(O)CS(=O)(=O)[O-])=C1C=CC(Nc2c(C)n(C)n(-c3ccccc3)c2=O)C(C)=C1.[Na+]. The fourth-order valence-corrected chi connectivity index (χ4v) is 4.50. The number of hydrogen-bond acceptors (Lipinski definition) is 6. The van der Waals surface area contributed by atoms with Crippen molar-refractivity contribution < 1.29 is 52.2 Å². The molecule has 0 spiro atoms. The van der Waals surface area contributed by atoms with E-state index in [1.54, 1.807) is 4.68 Å². The molecule has 0 saturated carbocycles. The van der Waals surface area contributed by atoms with E-state index < -0.39 is 22.0 Å². The first-order valence-electron chi connectivity index (χ1n) is 10.7. The Balaban J connectivity index is 0.00000408. The molecule has 34 heavy (non-hydrogen) atoms.